The SMILES string of the molecule is CO[C@H]1C=C[C@@H](O[Si](C)(C)C(C)(C)C)C1(C)C. The van der Waals surface area contributed by atoms with Crippen molar-refractivity contribution in [3.05, 3.63) is 12.2 Å². The summed E-state index contributed by atoms with van der Waals surface area (Å²) in [4.78, 5) is 0. The first-order valence-electron chi connectivity index (χ1n) is 6.41. The summed E-state index contributed by atoms with van der Waals surface area (Å²) in [5.41, 5.74) is 0.0320. The highest BCUT2D eigenvalue weighted by molar-refractivity contribution is 6.74. The molecule has 0 aromatic heterocycles. The highest BCUT2D eigenvalue weighted by atomic mass is 28.4. The Balaban J connectivity index is 2.82. The molecule has 0 spiro atoms. The van der Waals surface area contributed by atoms with Gasteiger partial charge in [0.15, 0.2) is 8.32 Å². The average molecular weight is 256 g/mol. The topological polar surface area (TPSA) is 18.5 Å². The minimum atomic E-state index is -1.71. The number of hydrogen-bond donors (Lipinski definition) is 0. The van der Waals surface area contributed by atoms with Gasteiger partial charge >= 0.3 is 0 Å². The normalized spacial score (nSPS) is 28.7. The second kappa shape index (κ2) is 4.52. The van der Waals surface area contributed by atoms with Crippen LogP contribution < -0.4 is 0 Å². The fourth-order valence-electron chi connectivity index (χ4n) is 1.93. The van der Waals surface area contributed by atoms with Gasteiger partial charge in [0.1, 0.15) is 0 Å². The highest BCUT2D eigenvalue weighted by Crippen LogP contribution is 2.43. The molecular weight excluding hydrogens is 228 g/mol. The molecule has 0 unspecified atom stereocenters. The third-order valence-corrected chi connectivity index (χ3v) is 8.86. The van der Waals surface area contributed by atoms with Gasteiger partial charge in [0, 0.05) is 12.5 Å². The van der Waals surface area contributed by atoms with E-state index in [2.05, 4.69) is 59.9 Å². The van der Waals surface area contributed by atoms with Gasteiger partial charge in [-0.3, -0.25) is 0 Å². The summed E-state index contributed by atoms with van der Waals surface area (Å²) in [6, 6.07) is 0. The van der Waals surface area contributed by atoms with Gasteiger partial charge in [-0.05, 0) is 18.1 Å². The van der Waals surface area contributed by atoms with Crippen molar-refractivity contribution in [2.24, 2.45) is 5.41 Å². The van der Waals surface area contributed by atoms with Crippen LogP contribution >= 0.6 is 0 Å². The van der Waals surface area contributed by atoms with Crippen LogP contribution in [0.1, 0.15) is 34.6 Å². The molecule has 0 saturated carbocycles. The quantitative estimate of drug-likeness (QED) is 0.561. The first kappa shape index (κ1) is 14.9. The van der Waals surface area contributed by atoms with Gasteiger partial charge in [-0.1, -0.05) is 46.8 Å². The van der Waals surface area contributed by atoms with Crippen molar-refractivity contribution < 1.29 is 9.16 Å². The number of hydrogen-bond acceptors (Lipinski definition) is 2. The molecule has 0 aromatic carbocycles. The van der Waals surface area contributed by atoms with Gasteiger partial charge in [-0.15, -0.1) is 0 Å². The second-order valence-corrected chi connectivity index (χ2v) is 11.9. The lowest BCUT2D eigenvalue weighted by Gasteiger charge is -2.42. The molecule has 2 atom stereocenters. The lowest BCUT2D eigenvalue weighted by Crippen LogP contribution is -2.48. The first-order valence-corrected chi connectivity index (χ1v) is 9.32. The van der Waals surface area contributed by atoms with Crippen molar-refractivity contribution in [3.63, 3.8) is 0 Å². The van der Waals surface area contributed by atoms with Crippen LogP contribution in [0.15, 0.2) is 12.2 Å². The van der Waals surface area contributed by atoms with Gasteiger partial charge in [0.2, 0.25) is 0 Å². The predicted octanol–water partition coefficient (Wildman–Crippen LogP) is 3.99. The monoisotopic (exact) mass is 256 g/mol. The summed E-state index contributed by atoms with van der Waals surface area (Å²) in [6.07, 6.45) is 4.65. The summed E-state index contributed by atoms with van der Waals surface area (Å²) in [5, 5.41) is 0.252. The van der Waals surface area contributed by atoms with E-state index >= 15 is 0 Å². The lowest BCUT2D eigenvalue weighted by molar-refractivity contribution is -0.00358. The molecule has 1 aliphatic carbocycles. The maximum atomic E-state index is 6.48. The molecule has 100 valence electrons. The Bertz CT molecular complexity index is 300. The summed E-state index contributed by atoms with van der Waals surface area (Å²) < 4.78 is 12.0. The molecule has 0 aromatic rings. The van der Waals surface area contributed by atoms with E-state index in [0.29, 0.717) is 0 Å². The van der Waals surface area contributed by atoms with Gasteiger partial charge in [0.05, 0.1) is 12.2 Å². The molecule has 2 nitrogen and oxygen atoms in total. The lowest BCUT2D eigenvalue weighted by atomic mass is 9.86. The van der Waals surface area contributed by atoms with E-state index in [4.69, 9.17) is 9.16 Å². The van der Waals surface area contributed by atoms with Gasteiger partial charge in [-0.25, -0.2) is 0 Å². The number of methoxy groups -OCH3 is 1. The van der Waals surface area contributed by atoms with Crippen LogP contribution in [0.2, 0.25) is 18.1 Å². The Morgan fingerprint density at radius 1 is 1.06 bits per heavy atom. The van der Waals surface area contributed by atoms with Gasteiger partial charge < -0.3 is 9.16 Å². The minimum Gasteiger partial charge on any atom is -0.410 e. The van der Waals surface area contributed by atoms with Crippen LogP contribution in [0.4, 0.5) is 0 Å². The van der Waals surface area contributed by atoms with Crippen LogP contribution in [0.3, 0.4) is 0 Å². The largest absolute Gasteiger partial charge is 0.410 e. The van der Waals surface area contributed by atoms with E-state index in [1.54, 1.807) is 7.11 Å². The highest BCUT2D eigenvalue weighted by Gasteiger charge is 2.46. The second-order valence-electron chi connectivity index (χ2n) is 7.16. The third-order valence-electron chi connectivity index (χ3n) is 4.41. The van der Waals surface area contributed by atoms with Crippen LogP contribution in [0.5, 0.6) is 0 Å². The van der Waals surface area contributed by atoms with Crippen molar-refractivity contribution >= 4 is 8.32 Å². The smallest absolute Gasteiger partial charge is 0.192 e. The zero-order valence-corrected chi connectivity index (χ0v) is 13.6. The summed E-state index contributed by atoms with van der Waals surface area (Å²) in [6.45, 7) is 15.9. The Hall–Kier alpha value is -0.123. The Morgan fingerprint density at radius 3 is 1.88 bits per heavy atom. The van der Waals surface area contributed by atoms with Crippen molar-refractivity contribution in [3.8, 4) is 0 Å². The zero-order chi connectivity index (χ0) is 13.5. The van der Waals surface area contributed by atoms with E-state index in [1.165, 1.54) is 0 Å². The fourth-order valence-corrected chi connectivity index (χ4v) is 3.30. The minimum absolute atomic E-state index is 0.0320. The van der Waals surface area contributed by atoms with Gasteiger partial charge in [-0.2, -0.15) is 0 Å². The molecular formula is C14H28O2Si. The van der Waals surface area contributed by atoms with Crippen molar-refractivity contribution in [1.82, 2.24) is 0 Å². The van der Waals surface area contributed by atoms with Crippen LogP contribution in [-0.4, -0.2) is 27.6 Å². The van der Waals surface area contributed by atoms with E-state index < -0.39 is 8.32 Å². The molecule has 0 aliphatic heterocycles. The molecule has 3 heteroatoms. The number of ether oxygens (including phenoxy) is 1. The van der Waals surface area contributed by atoms with Crippen molar-refractivity contribution in [1.29, 1.82) is 0 Å². The fraction of sp³-hybridized carbons (Fsp3) is 0.857. The molecule has 0 radical (unpaired) electrons. The summed E-state index contributed by atoms with van der Waals surface area (Å²) >= 11 is 0. The van der Waals surface area contributed by atoms with Crippen molar-refractivity contribution in [2.45, 2.75) is 65.0 Å². The molecule has 0 bridgehead atoms. The number of rotatable bonds is 3. The molecule has 0 amide bonds. The molecule has 0 heterocycles. The maximum Gasteiger partial charge on any atom is 0.192 e. The first-order chi connectivity index (χ1) is 7.52. The van der Waals surface area contributed by atoms with Crippen LogP contribution in [0.25, 0.3) is 0 Å². The molecule has 1 rings (SSSR count). The van der Waals surface area contributed by atoms with Crippen molar-refractivity contribution in [2.75, 3.05) is 7.11 Å². The van der Waals surface area contributed by atoms with E-state index in [1.807, 2.05) is 0 Å². The van der Waals surface area contributed by atoms with E-state index in [-0.39, 0.29) is 22.7 Å². The van der Waals surface area contributed by atoms with E-state index in [9.17, 15) is 0 Å². The zero-order valence-electron chi connectivity index (χ0n) is 12.6. The third kappa shape index (κ3) is 2.83. The summed E-state index contributed by atoms with van der Waals surface area (Å²) in [5.74, 6) is 0. The predicted molar refractivity (Wildman–Crippen MR) is 75.8 cm³/mol. The molecule has 0 saturated heterocycles. The van der Waals surface area contributed by atoms with Gasteiger partial charge in [0.25, 0.3) is 0 Å². The summed E-state index contributed by atoms with van der Waals surface area (Å²) in [7, 11) is 0.0614. The molecule has 0 fully saturated rings. The average Bonchev–Trinajstić information content (AvgIpc) is 2.39. The Morgan fingerprint density at radius 2 is 1.53 bits per heavy atom. The standard InChI is InChI=1S/C14H28O2Si/c1-13(2,3)17(7,8)16-12-10-9-11(15-6)14(12,4)5/h9-12H,1-8H3/t11-,12+/m0/s1. The van der Waals surface area contributed by atoms with E-state index in [0.717, 1.165) is 0 Å². The van der Waals surface area contributed by atoms with Crippen LogP contribution in [-0.2, 0) is 9.16 Å². The molecule has 17 heavy (non-hydrogen) atoms. The molecule has 1 aliphatic rings. The Kier molecular flexibility index (Phi) is 3.97. The Labute approximate surface area is 108 Å². The maximum absolute atomic E-state index is 6.48. The molecule has 0 N–H and O–H groups in total. The van der Waals surface area contributed by atoms with Crippen LogP contribution in [0, 0.1) is 5.41 Å².